The molecule has 58 valence electrons. The van der Waals surface area contributed by atoms with E-state index in [1.165, 1.54) is 0 Å². The summed E-state index contributed by atoms with van der Waals surface area (Å²) in [6, 6.07) is 0. The molecule has 0 spiro atoms. The Balaban J connectivity index is 2.60. The van der Waals surface area contributed by atoms with Gasteiger partial charge in [-0.05, 0) is 18.5 Å². The SMILES string of the molecule is Cc1nc(Cl)nc2c1NCN2. The Bertz CT molecular complexity index is 299. The standard InChI is InChI=1S/C6H7ClN4/c1-3-4-5(9-2-8-4)11-6(7)10-3/h8H,2H2,1H3,(H,9,10,11). The number of nitrogens with one attached hydrogen (secondary N) is 2. The number of anilines is 2. The van der Waals surface area contributed by atoms with Crippen molar-refractivity contribution in [3.8, 4) is 0 Å². The van der Waals surface area contributed by atoms with E-state index in [9.17, 15) is 0 Å². The molecule has 0 fully saturated rings. The van der Waals surface area contributed by atoms with E-state index < -0.39 is 0 Å². The molecule has 2 N–H and O–H groups in total. The summed E-state index contributed by atoms with van der Waals surface area (Å²) in [6.45, 7) is 2.59. The van der Waals surface area contributed by atoms with Crippen LogP contribution >= 0.6 is 11.6 Å². The summed E-state index contributed by atoms with van der Waals surface area (Å²) in [5.41, 5.74) is 1.83. The average molecular weight is 171 g/mol. The molecule has 2 heterocycles. The summed E-state index contributed by atoms with van der Waals surface area (Å²) in [4.78, 5) is 7.99. The maximum absolute atomic E-state index is 5.64. The summed E-state index contributed by atoms with van der Waals surface area (Å²) in [7, 11) is 0. The Hall–Kier alpha value is -1.03. The number of rotatable bonds is 0. The molecule has 1 aromatic heterocycles. The molecule has 0 aromatic carbocycles. The van der Waals surface area contributed by atoms with Crippen molar-refractivity contribution < 1.29 is 0 Å². The van der Waals surface area contributed by atoms with Gasteiger partial charge < -0.3 is 10.6 Å². The number of hydrogen-bond acceptors (Lipinski definition) is 4. The number of nitrogens with zero attached hydrogens (tertiary/aromatic N) is 2. The van der Waals surface area contributed by atoms with Gasteiger partial charge in [0.2, 0.25) is 5.28 Å². The van der Waals surface area contributed by atoms with Crippen LogP contribution in [0.2, 0.25) is 5.28 Å². The summed E-state index contributed by atoms with van der Waals surface area (Å²) in [5, 5.41) is 6.43. The van der Waals surface area contributed by atoms with Crippen LogP contribution in [0.5, 0.6) is 0 Å². The molecule has 1 aromatic rings. The predicted molar refractivity (Wildman–Crippen MR) is 43.9 cm³/mol. The van der Waals surface area contributed by atoms with Crippen LogP contribution in [0.15, 0.2) is 0 Å². The lowest BCUT2D eigenvalue weighted by Gasteiger charge is -2.00. The molecule has 1 aliphatic heterocycles. The fourth-order valence-electron chi connectivity index (χ4n) is 1.09. The molecular weight excluding hydrogens is 164 g/mol. The topological polar surface area (TPSA) is 49.8 Å². The van der Waals surface area contributed by atoms with Gasteiger partial charge >= 0.3 is 0 Å². The highest BCUT2D eigenvalue weighted by Crippen LogP contribution is 2.27. The maximum Gasteiger partial charge on any atom is 0.224 e. The molecule has 0 saturated carbocycles. The molecule has 11 heavy (non-hydrogen) atoms. The first-order valence-corrected chi connectivity index (χ1v) is 3.67. The first kappa shape index (κ1) is 6.67. The molecule has 2 rings (SSSR count). The Morgan fingerprint density at radius 3 is 3.00 bits per heavy atom. The van der Waals surface area contributed by atoms with Gasteiger partial charge in [0.25, 0.3) is 0 Å². The molecule has 0 bridgehead atoms. The largest absolute Gasteiger partial charge is 0.363 e. The smallest absolute Gasteiger partial charge is 0.224 e. The first-order valence-electron chi connectivity index (χ1n) is 3.29. The van der Waals surface area contributed by atoms with Gasteiger partial charge in [0.1, 0.15) is 5.69 Å². The van der Waals surface area contributed by atoms with Crippen LogP contribution < -0.4 is 10.6 Å². The van der Waals surface area contributed by atoms with Gasteiger partial charge in [0, 0.05) is 0 Å². The van der Waals surface area contributed by atoms with E-state index in [-0.39, 0.29) is 5.28 Å². The fraction of sp³-hybridized carbons (Fsp3) is 0.333. The van der Waals surface area contributed by atoms with E-state index in [0.717, 1.165) is 17.2 Å². The zero-order valence-corrected chi connectivity index (χ0v) is 6.74. The van der Waals surface area contributed by atoms with E-state index in [4.69, 9.17) is 11.6 Å². The lowest BCUT2D eigenvalue weighted by molar-refractivity contribution is 1.12. The van der Waals surface area contributed by atoms with Crippen molar-refractivity contribution >= 4 is 23.1 Å². The van der Waals surface area contributed by atoms with Crippen molar-refractivity contribution in [3.63, 3.8) is 0 Å². The second kappa shape index (κ2) is 2.23. The Kier molecular flexibility index (Phi) is 1.35. The molecule has 0 radical (unpaired) electrons. The van der Waals surface area contributed by atoms with Crippen molar-refractivity contribution in [2.45, 2.75) is 6.92 Å². The number of aromatic nitrogens is 2. The number of hydrogen-bond donors (Lipinski definition) is 2. The van der Waals surface area contributed by atoms with Crippen molar-refractivity contribution in [3.05, 3.63) is 11.0 Å². The van der Waals surface area contributed by atoms with E-state index in [0.29, 0.717) is 6.67 Å². The average Bonchev–Trinajstić information content (AvgIpc) is 2.34. The molecule has 1 aliphatic rings. The lowest BCUT2D eigenvalue weighted by Crippen LogP contribution is -1.99. The van der Waals surface area contributed by atoms with Gasteiger partial charge in [-0.1, -0.05) is 0 Å². The monoisotopic (exact) mass is 170 g/mol. The van der Waals surface area contributed by atoms with Crippen LogP contribution in [0.4, 0.5) is 11.5 Å². The highest BCUT2D eigenvalue weighted by atomic mass is 35.5. The van der Waals surface area contributed by atoms with E-state index in [1.54, 1.807) is 0 Å². The molecule has 5 heteroatoms. The van der Waals surface area contributed by atoms with Gasteiger partial charge in [-0.2, -0.15) is 4.98 Å². The van der Waals surface area contributed by atoms with Crippen molar-refractivity contribution in [1.82, 2.24) is 9.97 Å². The molecule has 0 amide bonds. The summed E-state index contributed by atoms with van der Waals surface area (Å²) in [6.07, 6.45) is 0. The molecular formula is C6H7ClN4. The highest BCUT2D eigenvalue weighted by Gasteiger charge is 2.14. The summed E-state index contributed by atoms with van der Waals surface area (Å²) >= 11 is 5.64. The van der Waals surface area contributed by atoms with Crippen molar-refractivity contribution in [2.75, 3.05) is 17.3 Å². The van der Waals surface area contributed by atoms with Crippen LogP contribution in [0.3, 0.4) is 0 Å². The predicted octanol–water partition coefficient (Wildman–Crippen LogP) is 1.23. The summed E-state index contributed by atoms with van der Waals surface area (Å²) < 4.78 is 0. The molecule has 4 nitrogen and oxygen atoms in total. The van der Waals surface area contributed by atoms with Crippen LogP contribution in [0, 0.1) is 6.92 Å². The minimum absolute atomic E-state index is 0.289. The fourth-order valence-corrected chi connectivity index (χ4v) is 1.31. The van der Waals surface area contributed by atoms with E-state index in [2.05, 4.69) is 20.6 Å². The van der Waals surface area contributed by atoms with Crippen molar-refractivity contribution in [2.24, 2.45) is 0 Å². The lowest BCUT2D eigenvalue weighted by atomic mass is 10.3. The van der Waals surface area contributed by atoms with E-state index >= 15 is 0 Å². The van der Waals surface area contributed by atoms with E-state index in [1.807, 2.05) is 6.92 Å². The van der Waals surface area contributed by atoms with Gasteiger partial charge in [-0.3, -0.25) is 0 Å². The van der Waals surface area contributed by atoms with Crippen LogP contribution in [0.1, 0.15) is 5.69 Å². The van der Waals surface area contributed by atoms with Crippen LogP contribution in [-0.2, 0) is 0 Å². The molecule has 0 aliphatic carbocycles. The first-order chi connectivity index (χ1) is 5.27. The van der Waals surface area contributed by atoms with Gasteiger partial charge in [-0.25, -0.2) is 4.98 Å². The second-order valence-electron chi connectivity index (χ2n) is 2.33. The Labute approximate surface area is 69.0 Å². The molecule has 0 saturated heterocycles. The normalized spacial score (nSPS) is 13.6. The van der Waals surface area contributed by atoms with Gasteiger partial charge in [-0.15, -0.1) is 0 Å². The van der Waals surface area contributed by atoms with Gasteiger partial charge in [0.15, 0.2) is 5.82 Å². The van der Waals surface area contributed by atoms with Crippen molar-refractivity contribution in [1.29, 1.82) is 0 Å². The third-order valence-corrected chi connectivity index (χ3v) is 1.75. The molecule has 0 atom stereocenters. The summed E-state index contributed by atoms with van der Waals surface area (Å²) in [5.74, 6) is 0.794. The minimum Gasteiger partial charge on any atom is -0.363 e. The maximum atomic E-state index is 5.64. The molecule has 0 unspecified atom stereocenters. The highest BCUT2D eigenvalue weighted by molar-refractivity contribution is 6.28. The number of fused-ring (bicyclic) bond motifs is 1. The van der Waals surface area contributed by atoms with Crippen LogP contribution in [0.25, 0.3) is 0 Å². The zero-order chi connectivity index (χ0) is 7.84. The number of halogens is 1. The number of aryl methyl sites for hydroxylation is 1. The Morgan fingerprint density at radius 1 is 1.36 bits per heavy atom. The minimum atomic E-state index is 0.289. The third kappa shape index (κ3) is 0.991. The zero-order valence-electron chi connectivity index (χ0n) is 5.98. The van der Waals surface area contributed by atoms with Gasteiger partial charge in [0.05, 0.1) is 12.4 Å². The second-order valence-corrected chi connectivity index (χ2v) is 2.67. The Morgan fingerprint density at radius 2 is 2.18 bits per heavy atom. The quantitative estimate of drug-likeness (QED) is 0.575. The van der Waals surface area contributed by atoms with Crippen LogP contribution in [-0.4, -0.2) is 16.6 Å². The third-order valence-electron chi connectivity index (χ3n) is 1.58.